The SMILES string of the molecule is COc1ccc(CC[NH+](C)[C@@H](C)C(=O)Nc2ccc(C(C)=O)cc2)cc1OC. The van der Waals surface area contributed by atoms with Gasteiger partial charge in [0.15, 0.2) is 23.3 Å². The van der Waals surface area contributed by atoms with Crippen LogP contribution in [0.25, 0.3) is 0 Å². The molecular weight excluding hydrogens is 356 g/mol. The van der Waals surface area contributed by atoms with Gasteiger partial charge in [0, 0.05) is 17.7 Å². The first-order valence-electron chi connectivity index (χ1n) is 9.30. The number of hydrogen-bond acceptors (Lipinski definition) is 4. The molecule has 6 heteroatoms. The van der Waals surface area contributed by atoms with Gasteiger partial charge in [0.2, 0.25) is 0 Å². The number of benzene rings is 2. The van der Waals surface area contributed by atoms with Gasteiger partial charge in [0.1, 0.15) is 0 Å². The number of amides is 1. The van der Waals surface area contributed by atoms with Crippen LogP contribution in [-0.2, 0) is 11.2 Å². The molecule has 0 saturated heterocycles. The van der Waals surface area contributed by atoms with Gasteiger partial charge in [0.25, 0.3) is 5.91 Å². The van der Waals surface area contributed by atoms with Crippen LogP contribution in [0, 0.1) is 0 Å². The molecule has 2 N–H and O–H groups in total. The quantitative estimate of drug-likeness (QED) is 0.648. The molecule has 0 saturated carbocycles. The van der Waals surface area contributed by atoms with E-state index in [9.17, 15) is 9.59 Å². The summed E-state index contributed by atoms with van der Waals surface area (Å²) < 4.78 is 10.6. The Morgan fingerprint density at radius 2 is 1.68 bits per heavy atom. The van der Waals surface area contributed by atoms with Crippen LogP contribution in [0.1, 0.15) is 29.8 Å². The number of ketones is 1. The Bertz CT molecular complexity index is 818. The summed E-state index contributed by atoms with van der Waals surface area (Å²) >= 11 is 0. The maximum atomic E-state index is 12.5. The maximum absolute atomic E-state index is 12.5. The van der Waals surface area contributed by atoms with E-state index >= 15 is 0 Å². The van der Waals surface area contributed by atoms with Crippen LogP contribution >= 0.6 is 0 Å². The molecule has 0 heterocycles. The number of carbonyl (C=O) groups excluding carboxylic acids is 2. The number of carbonyl (C=O) groups is 2. The van der Waals surface area contributed by atoms with Crippen LogP contribution < -0.4 is 19.7 Å². The number of nitrogens with one attached hydrogen (secondary N) is 2. The number of ether oxygens (including phenoxy) is 2. The summed E-state index contributed by atoms with van der Waals surface area (Å²) in [6.45, 7) is 4.23. The molecule has 1 amide bonds. The second-order valence-corrected chi connectivity index (χ2v) is 6.88. The average molecular weight is 385 g/mol. The fourth-order valence-electron chi connectivity index (χ4n) is 2.86. The molecule has 0 fully saturated rings. The van der Waals surface area contributed by atoms with Crippen molar-refractivity contribution in [2.24, 2.45) is 0 Å². The molecular formula is C22H29N2O4+. The van der Waals surface area contributed by atoms with Crippen LogP contribution in [0.5, 0.6) is 11.5 Å². The Labute approximate surface area is 166 Å². The lowest BCUT2D eigenvalue weighted by Gasteiger charge is -2.21. The summed E-state index contributed by atoms with van der Waals surface area (Å²) in [7, 11) is 5.24. The minimum atomic E-state index is -0.215. The molecule has 150 valence electrons. The Hall–Kier alpha value is -2.86. The van der Waals surface area contributed by atoms with Crippen molar-refractivity contribution in [2.75, 3.05) is 33.1 Å². The molecule has 2 atom stereocenters. The topological polar surface area (TPSA) is 69.1 Å². The largest absolute Gasteiger partial charge is 0.493 e. The summed E-state index contributed by atoms with van der Waals surface area (Å²) in [4.78, 5) is 25.0. The predicted octanol–water partition coefficient (Wildman–Crippen LogP) is 1.99. The summed E-state index contributed by atoms with van der Waals surface area (Å²) in [6, 6.07) is 12.6. The van der Waals surface area contributed by atoms with Crippen LogP contribution in [0.4, 0.5) is 5.69 Å². The van der Waals surface area contributed by atoms with Crippen molar-refractivity contribution in [3.8, 4) is 11.5 Å². The van der Waals surface area contributed by atoms with Gasteiger partial charge in [-0.25, -0.2) is 0 Å². The van der Waals surface area contributed by atoms with Gasteiger partial charge in [-0.3, -0.25) is 9.59 Å². The van der Waals surface area contributed by atoms with Gasteiger partial charge in [-0.15, -0.1) is 0 Å². The molecule has 28 heavy (non-hydrogen) atoms. The van der Waals surface area contributed by atoms with Crippen LogP contribution in [0.15, 0.2) is 42.5 Å². The van der Waals surface area contributed by atoms with Gasteiger partial charge in [-0.2, -0.15) is 0 Å². The van der Waals surface area contributed by atoms with E-state index in [2.05, 4.69) is 5.32 Å². The van der Waals surface area contributed by atoms with E-state index in [4.69, 9.17) is 9.47 Å². The van der Waals surface area contributed by atoms with Gasteiger partial charge in [-0.05, 0) is 55.8 Å². The number of methoxy groups -OCH3 is 2. The molecule has 0 aliphatic heterocycles. The Kier molecular flexibility index (Phi) is 7.58. The smallest absolute Gasteiger partial charge is 0.282 e. The van der Waals surface area contributed by atoms with Crippen LogP contribution in [0.2, 0.25) is 0 Å². The van der Waals surface area contributed by atoms with Crippen molar-refractivity contribution >= 4 is 17.4 Å². The lowest BCUT2D eigenvalue weighted by Crippen LogP contribution is -3.14. The van der Waals surface area contributed by atoms with Gasteiger partial charge in [0.05, 0.1) is 27.8 Å². The van der Waals surface area contributed by atoms with Crippen molar-refractivity contribution in [3.63, 3.8) is 0 Å². The highest BCUT2D eigenvalue weighted by Gasteiger charge is 2.22. The molecule has 0 spiro atoms. The second kappa shape index (κ2) is 9.90. The average Bonchev–Trinajstić information content (AvgIpc) is 2.71. The van der Waals surface area contributed by atoms with Crippen LogP contribution in [-0.4, -0.2) is 45.5 Å². The van der Waals surface area contributed by atoms with E-state index in [1.807, 2.05) is 32.2 Å². The van der Waals surface area contributed by atoms with Crippen molar-refractivity contribution in [2.45, 2.75) is 26.3 Å². The van der Waals surface area contributed by atoms with E-state index in [0.29, 0.717) is 22.7 Å². The minimum absolute atomic E-state index is 0.00517. The Morgan fingerprint density at radius 3 is 2.25 bits per heavy atom. The van der Waals surface area contributed by atoms with Crippen molar-refractivity contribution in [1.82, 2.24) is 0 Å². The number of Topliss-reactive ketones (excluding diaryl/α,β-unsaturated/α-hetero) is 1. The normalized spacial score (nSPS) is 12.8. The standard InChI is InChI=1S/C22H28N2O4/c1-15(22(26)23-19-9-7-18(8-10-19)16(2)25)24(3)13-12-17-6-11-20(27-4)21(14-17)28-5/h6-11,14-15H,12-13H2,1-5H3,(H,23,26)/p+1/t15-/m0/s1. The fraction of sp³-hybridized carbons (Fsp3) is 0.364. The third-order valence-electron chi connectivity index (χ3n) is 4.95. The maximum Gasteiger partial charge on any atom is 0.282 e. The molecule has 1 unspecified atom stereocenters. The molecule has 0 aromatic heterocycles. The fourth-order valence-corrected chi connectivity index (χ4v) is 2.86. The third-order valence-corrected chi connectivity index (χ3v) is 4.95. The van der Waals surface area contributed by atoms with Gasteiger partial charge in [-0.1, -0.05) is 6.07 Å². The number of hydrogen-bond donors (Lipinski definition) is 2. The third kappa shape index (κ3) is 5.57. The van der Waals surface area contributed by atoms with E-state index in [-0.39, 0.29) is 17.7 Å². The number of rotatable bonds is 9. The highest BCUT2D eigenvalue weighted by molar-refractivity contribution is 5.96. The zero-order valence-corrected chi connectivity index (χ0v) is 17.2. The monoisotopic (exact) mass is 385 g/mol. The Balaban J connectivity index is 1.91. The highest BCUT2D eigenvalue weighted by atomic mass is 16.5. The first-order valence-corrected chi connectivity index (χ1v) is 9.30. The number of likely N-dealkylation sites (N-methyl/N-ethyl adjacent to an activating group) is 1. The second-order valence-electron chi connectivity index (χ2n) is 6.88. The lowest BCUT2D eigenvalue weighted by molar-refractivity contribution is -0.893. The molecule has 0 radical (unpaired) electrons. The number of anilines is 1. The van der Waals surface area contributed by atoms with E-state index in [0.717, 1.165) is 23.4 Å². The van der Waals surface area contributed by atoms with Gasteiger partial charge < -0.3 is 19.7 Å². The van der Waals surface area contributed by atoms with Crippen molar-refractivity contribution in [3.05, 3.63) is 53.6 Å². The zero-order chi connectivity index (χ0) is 20.7. The van der Waals surface area contributed by atoms with Gasteiger partial charge >= 0.3 is 0 Å². The van der Waals surface area contributed by atoms with Crippen molar-refractivity contribution in [1.29, 1.82) is 0 Å². The first kappa shape index (κ1) is 21.4. The minimum Gasteiger partial charge on any atom is -0.493 e. The predicted molar refractivity (Wildman–Crippen MR) is 110 cm³/mol. The lowest BCUT2D eigenvalue weighted by atomic mass is 10.1. The molecule has 2 rings (SSSR count). The first-order chi connectivity index (χ1) is 13.3. The molecule has 0 bridgehead atoms. The molecule has 2 aromatic carbocycles. The Morgan fingerprint density at radius 1 is 1.04 bits per heavy atom. The molecule has 0 aliphatic rings. The summed E-state index contributed by atoms with van der Waals surface area (Å²) in [5, 5.41) is 2.91. The molecule has 2 aromatic rings. The summed E-state index contributed by atoms with van der Waals surface area (Å²) in [5.41, 5.74) is 2.45. The van der Waals surface area contributed by atoms with Crippen molar-refractivity contribution < 1.29 is 24.0 Å². The zero-order valence-electron chi connectivity index (χ0n) is 17.2. The van der Waals surface area contributed by atoms with Crippen LogP contribution in [0.3, 0.4) is 0 Å². The van der Waals surface area contributed by atoms with E-state index in [1.54, 1.807) is 38.5 Å². The molecule has 0 aliphatic carbocycles. The summed E-state index contributed by atoms with van der Waals surface area (Å²) in [6.07, 6.45) is 0.817. The molecule has 6 nitrogen and oxygen atoms in total. The number of quaternary nitrogens is 1. The van der Waals surface area contributed by atoms with E-state index in [1.165, 1.54) is 6.92 Å². The summed E-state index contributed by atoms with van der Waals surface area (Å²) in [5.74, 6) is 1.36. The van der Waals surface area contributed by atoms with E-state index < -0.39 is 0 Å². The highest BCUT2D eigenvalue weighted by Crippen LogP contribution is 2.27.